The highest BCUT2D eigenvalue weighted by molar-refractivity contribution is 5.95. The van der Waals surface area contributed by atoms with Crippen molar-refractivity contribution in [2.24, 2.45) is 0 Å². The van der Waals surface area contributed by atoms with E-state index in [1.807, 2.05) is 6.92 Å². The molecule has 2 rings (SSSR count). The molecule has 0 saturated heterocycles. The Bertz CT molecular complexity index is 465. The smallest absolute Gasteiger partial charge is 0.161 e. The highest BCUT2D eigenvalue weighted by Gasteiger charge is 2.12. The number of aryl methyl sites for hydroxylation is 3. The van der Waals surface area contributed by atoms with Crippen molar-refractivity contribution in [3.05, 3.63) is 28.6 Å². The van der Waals surface area contributed by atoms with E-state index in [1.165, 1.54) is 62.6 Å². The fourth-order valence-corrected chi connectivity index (χ4v) is 3.15. The van der Waals surface area contributed by atoms with Crippen molar-refractivity contribution in [1.29, 1.82) is 0 Å². The van der Waals surface area contributed by atoms with Gasteiger partial charge in [0.05, 0.1) is 0 Å². The van der Waals surface area contributed by atoms with Gasteiger partial charge < -0.3 is 0 Å². The summed E-state index contributed by atoms with van der Waals surface area (Å²) < 4.78 is 0. The van der Waals surface area contributed by atoms with Gasteiger partial charge in [-0.05, 0) is 51.2 Å². The molecule has 110 valence electrons. The van der Waals surface area contributed by atoms with Crippen molar-refractivity contribution in [1.82, 2.24) is 4.98 Å². The molecule has 1 heterocycles. The fraction of sp³-hybridized carbons (Fsp3) is 0.667. The lowest BCUT2D eigenvalue weighted by molar-refractivity contribution is 0.101. The Kier molecular flexibility index (Phi) is 5.75. The molecule has 1 aromatic rings. The zero-order valence-corrected chi connectivity index (χ0v) is 13.0. The van der Waals surface area contributed by atoms with Crippen LogP contribution in [0, 0.1) is 6.92 Å². The molecule has 1 aromatic heterocycles. The van der Waals surface area contributed by atoms with Gasteiger partial charge >= 0.3 is 0 Å². The van der Waals surface area contributed by atoms with E-state index in [-0.39, 0.29) is 5.78 Å². The van der Waals surface area contributed by atoms with Crippen LogP contribution >= 0.6 is 0 Å². The summed E-state index contributed by atoms with van der Waals surface area (Å²) in [4.78, 5) is 16.4. The van der Waals surface area contributed by atoms with E-state index in [0.717, 1.165) is 24.1 Å². The summed E-state index contributed by atoms with van der Waals surface area (Å²) in [6.45, 7) is 3.61. The first-order valence-corrected chi connectivity index (χ1v) is 8.19. The van der Waals surface area contributed by atoms with Crippen LogP contribution < -0.4 is 0 Å². The van der Waals surface area contributed by atoms with Crippen LogP contribution in [-0.4, -0.2) is 10.8 Å². The van der Waals surface area contributed by atoms with E-state index in [2.05, 4.69) is 6.07 Å². The van der Waals surface area contributed by atoms with E-state index < -0.39 is 0 Å². The van der Waals surface area contributed by atoms with Gasteiger partial charge in [-0.3, -0.25) is 9.78 Å². The third-order valence-corrected chi connectivity index (χ3v) is 4.37. The van der Waals surface area contributed by atoms with Gasteiger partial charge in [-0.2, -0.15) is 0 Å². The maximum Gasteiger partial charge on any atom is 0.161 e. The minimum absolute atomic E-state index is 0.143. The number of fused-ring (bicyclic) bond motifs is 1. The summed E-state index contributed by atoms with van der Waals surface area (Å²) >= 11 is 0. The third kappa shape index (κ3) is 4.16. The molecule has 0 bridgehead atoms. The number of ketones is 1. The Morgan fingerprint density at radius 3 is 2.10 bits per heavy atom. The van der Waals surface area contributed by atoms with E-state index in [1.54, 1.807) is 6.92 Å². The number of rotatable bonds is 1. The average Bonchev–Trinajstić information content (AvgIpc) is 2.40. The van der Waals surface area contributed by atoms with Gasteiger partial charge in [-0.15, -0.1) is 0 Å². The lowest BCUT2D eigenvalue weighted by Crippen LogP contribution is -2.07. The Hall–Kier alpha value is -1.18. The van der Waals surface area contributed by atoms with Crippen LogP contribution in [0.15, 0.2) is 6.07 Å². The molecule has 1 aliphatic carbocycles. The van der Waals surface area contributed by atoms with Crippen LogP contribution in [0.4, 0.5) is 0 Å². The molecule has 1 aliphatic rings. The number of pyridine rings is 1. The van der Waals surface area contributed by atoms with Crippen molar-refractivity contribution in [3.8, 4) is 0 Å². The topological polar surface area (TPSA) is 30.0 Å². The lowest BCUT2D eigenvalue weighted by Gasteiger charge is -2.14. The van der Waals surface area contributed by atoms with Crippen molar-refractivity contribution in [2.75, 3.05) is 0 Å². The fourth-order valence-electron chi connectivity index (χ4n) is 3.15. The van der Waals surface area contributed by atoms with E-state index in [4.69, 9.17) is 4.98 Å². The molecule has 0 fully saturated rings. The maximum atomic E-state index is 11.7. The number of hydrogen-bond donors (Lipinski definition) is 0. The van der Waals surface area contributed by atoms with E-state index in [0.29, 0.717) is 0 Å². The minimum atomic E-state index is 0.143. The summed E-state index contributed by atoms with van der Waals surface area (Å²) in [6.07, 6.45) is 12.7. The normalized spacial score (nSPS) is 17.7. The Balaban J connectivity index is 2.22. The zero-order chi connectivity index (χ0) is 14.4. The summed E-state index contributed by atoms with van der Waals surface area (Å²) in [5.41, 5.74) is 4.29. The molecule has 0 unspecified atom stereocenters. The third-order valence-electron chi connectivity index (χ3n) is 4.37. The highest BCUT2D eigenvalue weighted by Crippen LogP contribution is 2.20. The van der Waals surface area contributed by atoms with Gasteiger partial charge in [0.15, 0.2) is 5.78 Å². The summed E-state index contributed by atoms with van der Waals surface area (Å²) in [5.74, 6) is 0.143. The molecule has 0 aromatic carbocycles. The van der Waals surface area contributed by atoms with Gasteiger partial charge in [-0.25, -0.2) is 0 Å². The Labute approximate surface area is 123 Å². The number of aromatic nitrogens is 1. The first-order valence-electron chi connectivity index (χ1n) is 8.19. The highest BCUT2D eigenvalue weighted by atomic mass is 16.1. The predicted molar refractivity (Wildman–Crippen MR) is 83.3 cm³/mol. The summed E-state index contributed by atoms with van der Waals surface area (Å²) in [7, 11) is 0. The molecule has 2 nitrogen and oxygen atoms in total. The molecule has 0 radical (unpaired) electrons. The van der Waals surface area contributed by atoms with Gasteiger partial charge in [0, 0.05) is 17.0 Å². The Morgan fingerprint density at radius 2 is 1.50 bits per heavy atom. The quantitative estimate of drug-likeness (QED) is 0.687. The average molecular weight is 273 g/mol. The second kappa shape index (κ2) is 7.56. The number of Topliss-reactive ketones (excluding diaryl/α,β-unsaturated/α-hetero) is 1. The maximum absolute atomic E-state index is 11.7. The van der Waals surface area contributed by atoms with Crippen LogP contribution in [0.2, 0.25) is 0 Å². The standard InChI is InChI=1S/C18H27NO/c1-14-17(15(2)20)13-16-11-9-7-5-3-4-6-8-10-12-18(16)19-14/h13H,3-12H2,1-2H3. The van der Waals surface area contributed by atoms with E-state index >= 15 is 0 Å². The molecule has 0 spiro atoms. The molecule has 0 atom stereocenters. The largest absolute Gasteiger partial charge is 0.294 e. The molecule has 2 heteroatoms. The number of hydrogen-bond acceptors (Lipinski definition) is 2. The van der Waals surface area contributed by atoms with Crippen LogP contribution in [0.25, 0.3) is 0 Å². The van der Waals surface area contributed by atoms with Crippen LogP contribution in [0.5, 0.6) is 0 Å². The SMILES string of the molecule is CC(=O)c1cc2c(nc1C)CCCCCCCCCC2. The molecular formula is C18H27NO. The number of nitrogens with zero attached hydrogens (tertiary/aromatic N) is 1. The predicted octanol–water partition coefficient (Wildman–Crippen LogP) is 4.81. The van der Waals surface area contributed by atoms with Crippen molar-refractivity contribution < 1.29 is 4.79 Å². The first kappa shape index (κ1) is 15.2. The monoisotopic (exact) mass is 273 g/mol. The van der Waals surface area contributed by atoms with Crippen molar-refractivity contribution >= 4 is 5.78 Å². The zero-order valence-electron chi connectivity index (χ0n) is 13.0. The van der Waals surface area contributed by atoms with Crippen molar-refractivity contribution in [2.45, 2.75) is 78.1 Å². The minimum Gasteiger partial charge on any atom is -0.294 e. The number of carbonyl (C=O) groups is 1. The lowest BCUT2D eigenvalue weighted by atomic mass is 9.96. The van der Waals surface area contributed by atoms with Crippen LogP contribution in [-0.2, 0) is 12.8 Å². The summed E-state index contributed by atoms with van der Waals surface area (Å²) in [5, 5.41) is 0. The summed E-state index contributed by atoms with van der Waals surface area (Å²) in [6, 6.07) is 2.12. The first-order chi connectivity index (χ1) is 9.68. The van der Waals surface area contributed by atoms with Gasteiger partial charge in [0.1, 0.15) is 0 Å². The number of carbonyl (C=O) groups excluding carboxylic acids is 1. The molecular weight excluding hydrogens is 246 g/mol. The molecule has 0 amide bonds. The molecule has 0 saturated carbocycles. The second-order valence-corrected chi connectivity index (χ2v) is 6.11. The molecule has 20 heavy (non-hydrogen) atoms. The van der Waals surface area contributed by atoms with Crippen molar-refractivity contribution in [3.63, 3.8) is 0 Å². The van der Waals surface area contributed by atoms with Crippen LogP contribution in [0.1, 0.15) is 85.6 Å². The Morgan fingerprint density at radius 1 is 0.950 bits per heavy atom. The molecule has 0 N–H and O–H groups in total. The van der Waals surface area contributed by atoms with Gasteiger partial charge in [-0.1, -0.05) is 38.5 Å². The molecule has 0 aliphatic heterocycles. The van der Waals surface area contributed by atoms with E-state index in [9.17, 15) is 4.79 Å². The van der Waals surface area contributed by atoms with Gasteiger partial charge in [0.2, 0.25) is 0 Å². The second-order valence-electron chi connectivity index (χ2n) is 6.11. The van der Waals surface area contributed by atoms with Crippen LogP contribution in [0.3, 0.4) is 0 Å². The van der Waals surface area contributed by atoms with Gasteiger partial charge in [0.25, 0.3) is 0 Å².